The maximum Gasteiger partial charge on any atom is 0.220 e. The van der Waals surface area contributed by atoms with Crippen LogP contribution in [0.5, 0.6) is 0 Å². The number of rotatable bonds is 2. The van der Waals surface area contributed by atoms with E-state index >= 15 is 0 Å². The molecule has 3 saturated heterocycles. The van der Waals surface area contributed by atoms with E-state index in [1.54, 1.807) is 4.90 Å². The highest BCUT2D eigenvalue weighted by Crippen LogP contribution is 2.46. The lowest BCUT2D eigenvalue weighted by Crippen LogP contribution is -2.56. The monoisotopic (exact) mass is 336 g/mol. The second-order valence-electron chi connectivity index (χ2n) is 6.73. The van der Waals surface area contributed by atoms with Gasteiger partial charge in [-0.1, -0.05) is 30.3 Å². The fraction of sp³-hybridized carbons (Fsp3) is 0.562. The van der Waals surface area contributed by atoms with Gasteiger partial charge in [-0.2, -0.15) is 4.31 Å². The Labute approximate surface area is 136 Å². The van der Waals surface area contributed by atoms with Crippen molar-refractivity contribution >= 4 is 15.9 Å². The number of morpholine rings is 1. The smallest absolute Gasteiger partial charge is 0.220 e. The second-order valence-corrected chi connectivity index (χ2v) is 8.84. The molecule has 124 valence electrons. The molecule has 0 aliphatic carbocycles. The first kappa shape index (κ1) is 15.1. The van der Waals surface area contributed by atoms with Crippen molar-refractivity contribution in [3.8, 4) is 0 Å². The van der Waals surface area contributed by atoms with Crippen molar-refractivity contribution in [2.45, 2.75) is 36.8 Å². The predicted molar refractivity (Wildman–Crippen MR) is 84.0 cm³/mol. The van der Waals surface area contributed by atoms with E-state index in [1.807, 2.05) is 30.3 Å². The number of hydrogen-bond donors (Lipinski definition) is 0. The number of likely N-dealkylation sites (tertiary alicyclic amines) is 1. The van der Waals surface area contributed by atoms with Gasteiger partial charge in [0, 0.05) is 26.6 Å². The van der Waals surface area contributed by atoms with E-state index in [2.05, 4.69) is 0 Å². The molecule has 3 fully saturated rings. The SMILES string of the molecule is CC(=O)N1C[C@@H]2C[C@@H]3[C@@](C1)(CN(Cc1ccccc1)S3(=O)=O)O2. The van der Waals surface area contributed by atoms with Crippen LogP contribution in [0.2, 0.25) is 0 Å². The molecule has 0 radical (unpaired) electrons. The molecular weight excluding hydrogens is 316 g/mol. The minimum absolute atomic E-state index is 0.0165. The molecule has 0 unspecified atom stereocenters. The van der Waals surface area contributed by atoms with Crippen LogP contribution in [-0.2, 0) is 26.1 Å². The summed E-state index contributed by atoms with van der Waals surface area (Å²) in [6.45, 7) is 3.09. The van der Waals surface area contributed by atoms with E-state index in [4.69, 9.17) is 4.74 Å². The van der Waals surface area contributed by atoms with Crippen LogP contribution in [0.15, 0.2) is 30.3 Å². The summed E-state index contributed by atoms with van der Waals surface area (Å²) in [7, 11) is -3.41. The molecule has 3 atom stereocenters. The van der Waals surface area contributed by atoms with Gasteiger partial charge in [0.2, 0.25) is 15.9 Å². The standard InChI is InChI=1S/C16H20N2O4S/c1-12(19)17-9-14-7-15-16(10-17,22-14)11-18(23(15,20)21)8-13-5-3-2-4-6-13/h2-6,14-15H,7-11H2,1H3/t14-,15+,16+/m0/s1. The molecule has 6 nitrogen and oxygen atoms in total. The maximum atomic E-state index is 12.9. The highest BCUT2D eigenvalue weighted by molar-refractivity contribution is 7.90. The van der Waals surface area contributed by atoms with Gasteiger partial charge in [-0.25, -0.2) is 8.42 Å². The van der Waals surface area contributed by atoms with E-state index in [0.29, 0.717) is 32.6 Å². The highest BCUT2D eigenvalue weighted by atomic mass is 32.2. The number of ether oxygens (including phenoxy) is 1. The van der Waals surface area contributed by atoms with Gasteiger partial charge in [0.25, 0.3) is 0 Å². The lowest BCUT2D eigenvalue weighted by molar-refractivity contribution is -0.148. The molecule has 7 heteroatoms. The number of nitrogens with zero attached hydrogens (tertiary/aromatic N) is 2. The quantitative estimate of drug-likeness (QED) is 0.793. The molecule has 0 N–H and O–H groups in total. The summed E-state index contributed by atoms with van der Waals surface area (Å²) in [5.74, 6) is -0.0165. The van der Waals surface area contributed by atoms with Gasteiger partial charge in [0.15, 0.2) is 0 Å². The Morgan fingerprint density at radius 3 is 2.74 bits per heavy atom. The lowest BCUT2D eigenvalue weighted by atomic mass is 9.99. The van der Waals surface area contributed by atoms with Crippen molar-refractivity contribution in [1.29, 1.82) is 0 Å². The molecule has 1 spiro atoms. The van der Waals surface area contributed by atoms with E-state index < -0.39 is 20.9 Å². The minimum Gasteiger partial charge on any atom is -0.365 e. The molecule has 0 saturated carbocycles. The zero-order valence-electron chi connectivity index (χ0n) is 13.0. The van der Waals surface area contributed by atoms with Crippen LogP contribution in [0.3, 0.4) is 0 Å². The Hall–Kier alpha value is -1.44. The Balaban J connectivity index is 1.63. The number of benzene rings is 1. The molecule has 4 rings (SSSR count). The third kappa shape index (κ3) is 2.29. The van der Waals surface area contributed by atoms with Gasteiger partial charge in [-0.15, -0.1) is 0 Å². The molecular formula is C16H20N2O4S. The number of carbonyl (C=O) groups excluding carboxylic acids is 1. The number of fused-ring (bicyclic) bond motifs is 1. The van der Waals surface area contributed by atoms with Crippen molar-refractivity contribution in [3.05, 3.63) is 35.9 Å². The number of hydrogen-bond acceptors (Lipinski definition) is 4. The zero-order chi connectivity index (χ0) is 16.2. The molecule has 23 heavy (non-hydrogen) atoms. The Kier molecular flexibility index (Phi) is 3.30. The first-order valence-corrected chi connectivity index (χ1v) is 9.37. The van der Waals surface area contributed by atoms with Gasteiger partial charge < -0.3 is 9.64 Å². The van der Waals surface area contributed by atoms with Crippen molar-refractivity contribution in [3.63, 3.8) is 0 Å². The van der Waals surface area contributed by atoms with Crippen LogP contribution < -0.4 is 0 Å². The molecule has 2 bridgehead atoms. The summed E-state index contributed by atoms with van der Waals surface area (Å²) < 4.78 is 33.5. The summed E-state index contributed by atoms with van der Waals surface area (Å²) in [5, 5.41) is -0.534. The normalized spacial score (nSPS) is 35.3. The molecule has 3 heterocycles. The fourth-order valence-electron chi connectivity index (χ4n) is 4.12. The van der Waals surface area contributed by atoms with Crippen LogP contribution in [-0.4, -0.2) is 60.1 Å². The largest absolute Gasteiger partial charge is 0.365 e. The molecule has 1 aromatic carbocycles. The third-order valence-electron chi connectivity index (χ3n) is 5.16. The zero-order valence-corrected chi connectivity index (χ0v) is 13.8. The molecule has 3 aliphatic rings. The highest BCUT2D eigenvalue weighted by Gasteiger charge is 2.65. The van der Waals surface area contributed by atoms with Gasteiger partial charge in [-0.05, 0) is 12.0 Å². The Bertz CT molecular complexity index is 736. The maximum absolute atomic E-state index is 12.9. The van der Waals surface area contributed by atoms with Crippen molar-refractivity contribution in [2.75, 3.05) is 19.6 Å². The molecule has 3 aliphatic heterocycles. The van der Waals surface area contributed by atoms with Crippen LogP contribution in [0.1, 0.15) is 18.9 Å². The molecule has 1 aromatic rings. The lowest BCUT2D eigenvalue weighted by Gasteiger charge is -2.39. The summed E-state index contributed by atoms with van der Waals surface area (Å²) in [6.07, 6.45) is 0.323. The predicted octanol–water partition coefficient (Wildman–Crippen LogP) is 0.590. The molecule has 0 aromatic heterocycles. The van der Waals surface area contributed by atoms with Crippen LogP contribution in [0.25, 0.3) is 0 Å². The number of amides is 1. The average Bonchev–Trinajstić information content (AvgIpc) is 2.87. The van der Waals surface area contributed by atoms with Gasteiger partial charge in [0.1, 0.15) is 10.9 Å². The van der Waals surface area contributed by atoms with Crippen LogP contribution in [0, 0.1) is 0 Å². The van der Waals surface area contributed by atoms with E-state index in [-0.39, 0.29) is 12.0 Å². The Morgan fingerprint density at radius 2 is 2.04 bits per heavy atom. The van der Waals surface area contributed by atoms with Crippen LogP contribution in [0.4, 0.5) is 0 Å². The number of sulfonamides is 1. The first-order valence-electron chi connectivity index (χ1n) is 7.87. The first-order chi connectivity index (χ1) is 10.9. The summed E-state index contributed by atoms with van der Waals surface area (Å²) >= 11 is 0. The van der Waals surface area contributed by atoms with E-state index in [9.17, 15) is 13.2 Å². The summed E-state index contributed by atoms with van der Waals surface area (Å²) in [5.41, 5.74) is 0.200. The summed E-state index contributed by atoms with van der Waals surface area (Å²) in [6, 6.07) is 9.57. The minimum atomic E-state index is -3.41. The topological polar surface area (TPSA) is 66.9 Å². The Morgan fingerprint density at radius 1 is 1.30 bits per heavy atom. The fourth-order valence-corrected chi connectivity index (χ4v) is 6.41. The summed E-state index contributed by atoms with van der Waals surface area (Å²) in [4.78, 5) is 13.5. The molecule has 1 amide bonds. The number of carbonyl (C=O) groups is 1. The van der Waals surface area contributed by atoms with Crippen molar-refractivity contribution in [2.24, 2.45) is 0 Å². The average molecular weight is 336 g/mol. The third-order valence-corrected chi connectivity index (χ3v) is 7.48. The van der Waals surface area contributed by atoms with Gasteiger partial charge in [0.05, 0.1) is 12.6 Å². The second kappa shape index (κ2) is 5.03. The van der Waals surface area contributed by atoms with E-state index in [1.165, 1.54) is 11.2 Å². The van der Waals surface area contributed by atoms with Crippen molar-refractivity contribution < 1.29 is 17.9 Å². The van der Waals surface area contributed by atoms with Gasteiger partial charge in [-0.3, -0.25) is 4.79 Å². The van der Waals surface area contributed by atoms with E-state index in [0.717, 1.165) is 5.56 Å². The van der Waals surface area contributed by atoms with Crippen molar-refractivity contribution in [1.82, 2.24) is 9.21 Å². The van der Waals surface area contributed by atoms with Gasteiger partial charge >= 0.3 is 0 Å². The van der Waals surface area contributed by atoms with Crippen LogP contribution >= 0.6 is 0 Å².